The summed E-state index contributed by atoms with van der Waals surface area (Å²) in [6.07, 6.45) is 1.60. The van der Waals surface area contributed by atoms with Gasteiger partial charge in [0.1, 0.15) is 5.78 Å². The predicted octanol–water partition coefficient (Wildman–Crippen LogP) is 4.91. The van der Waals surface area contributed by atoms with Crippen molar-refractivity contribution in [2.75, 3.05) is 14.2 Å². The molecule has 0 spiro atoms. The van der Waals surface area contributed by atoms with Crippen molar-refractivity contribution in [3.63, 3.8) is 0 Å². The highest BCUT2D eigenvalue weighted by Gasteiger charge is 2.32. The van der Waals surface area contributed by atoms with Crippen molar-refractivity contribution in [2.45, 2.75) is 54.4 Å². The van der Waals surface area contributed by atoms with Crippen molar-refractivity contribution in [1.82, 2.24) is 0 Å². The van der Waals surface area contributed by atoms with Gasteiger partial charge in [-0.1, -0.05) is 47.6 Å². The Balaban J connectivity index is 3.08. The number of benzene rings is 1. The molecule has 1 aromatic rings. The van der Waals surface area contributed by atoms with Gasteiger partial charge in [-0.15, -0.1) is 0 Å². The zero-order valence-corrected chi connectivity index (χ0v) is 15.9. The first-order valence-electron chi connectivity index (χ1n) is 8.23. The minimum atomic E-state index is -0.327. The second-order valence-electron chi connectivity index (χ2n) is 8.47. The molecule has 1 aromatic carbocycles. The monoisotopic (exact) mass is 320 g/mol. The summed E-state index contributed by atoms with van der Waals surface area (Å²) >= 11 is 0. The lowest BCUT2D eigenvalue weighted by Gasteiger charge is -2.30. The number of hydrogen-bond acceptors (Lipinski definition) is 3. The highest BCUT2D eigenvalue weighted by atomic mass is 16.5. The van der Waals surface area contributed by atoms with Crippen LogP contribution < -0.4 is 9.47 Å². The predicted molar refractivity (Wildman–Crippen MR) is 95.3 cm³/mol. The summed E-state index contributed by atoms with van der Waals surface area (Å²) in [7, 11) is 3.26. The number of carbonyl (C=O) groups is 1. The van der Waals surface area contributed by atoms with Crippen molar-refractivity contribution in [2.24, 2.45) is 16.7 Å². The molecule has 23 heavy (non-hydrogen) atoms. The molecule has 1 unspecified atom stereocenters. The van der Waals surface area contributed by atoms with E-state index in [0.717, 1.165) is 18.4 Å². The van der Waals surface area contributed by atoms with E-state index in [-0.39, 0.29) is 16.7 Å². The van der Waals surface area contributed by atoms with Gasteiger partial charge in [-0.25, -0.2) is 0 Å². The minimum Gasteiger partial charge on any atom is -0.493 e. The fraction of sp³-hybridized carbons (Fsp3) is 0.650. The van der Waals surface area contributed by atoms with Crippen molar-refractivity contribution >= 4 is 5.78 Å². The van der Waals surface area contributed by atoms with Crippen LogP contribution in [0.1, 0.15) is 53.5 Å². The Kier molecular flexibility index (Phi) is 6.26. The molecule has 0 aromatic heterocycles. The molecule has 0 amide bonds. The Morgan fingerprint density at radius 3 is 2.00 bits per heavy atom. The standard InChI is InChI=1S/C20H32O3/c1-19(2,3)13-15(18(21)20(4,5)6)11-14-9-10-16(22-7)17(12-14)23-8/h9-10,12,15H,11,13H2,1-8H3. The van der Waals surface area contributed by atoms with E-state index < -0.39 is 0 Å². The lowest BCUT2D eigenvalue weighted by Crippen LogP contribution is -2.32. The maximum absolute atomic E-state index is 12.9. The highest BCUT2D eigenvalue weighted by Crippen LogP contribution is 2.34. The molecule has 0 fully saturated rings. The number of Topliss-reactive ketones (excluding diaryl/α,β-unsaturated/α-hetero) is 1. The van der Waals surface area contributed by atoms with Crippen LogP contribution in [0.4, 0.5) is 0 Å². The van der Waals surface area contributed by atoms with E-state index in [9.17, 15) is 4.79 Å². The Labute approximate surface area is 141 Å². The quantitative estimate of drug-likeness (QED) is 0.747. The number of carbonyl (C=O) groups excluding carboxylic acids is 1. The molecule has 3 heteroatoms. The first-order chi connectivity index (χ1) is 10.5. The zero-order chi connectivity index (χ0) is 17.8. The van der Waals surface area contributed by atoms with Crippen LogP contribution in [0, 0.1) is 16.7 Å². The molecular weight excluding hydrogens is 288 g/mol. The summed E-state index contributed by atoms with van der Waals surface area (Å²) in [5.74, 6) is 1.75. The lowest BCUT2D eigenvalue weighted by molar-refractivity contribution is -0.131. The second-order valence-corrected chi connectivity index (χ2v) is 8.47. The summed E-state index contributed by atoms with van der Waals surface area (Å²) in [5.41, 5.74) is 0.892. The van der Waals surface area contributed by atoms with Gasteiger partial charge >= 0.3 is 0 Å². The van der Waals surface area contributed by atoms with Crippen LogP contribution in [0.25, 0.3) is 0 Å². The third-order valence-electron chi connectivity index (χ3n) is 3.90. The molecule has 0 heterocycles. The summed E-state index contributed by atoms with van der Waals surface area (Å²) in [6.45, 7) is 12.6. The summed E-state index contributed by atoms with van der Waals surface area (Å²) < 4.78 is 10.7. The molecule has 0 N–H and O–H groups in total. The van der Waals surface area contributed by atoms with Gasteiger partial charge in [0.25, 0.3) is 0 Å². The Bertz CT molecular complexity index is 533. The molecular formula is C20H32O3. The van der Waals surface area contributed by atoms with Gasteiger partial charge in [0.2, 0.25) is 0 Å². The van der Waals surface area contributed by atoms with Crippen LogP contribution in [0.15, 0.2) is 18.2 Å². The fourth-order valence-electron chi connectivity index (χ4n) is 2.90. The number of hydrogen-bond donors (Lipinski definition) is 0. The van der Waals surface area contributed by atoms with Crippen LogP contribution >= 0.6 is 0 Å². The van der Waals surface area contributed by atoms with Crippen LogP contribution in [0.5, 0.6) is 11.5 Å². The summed E-state index contributed by atoms with van der Waals surface area (Å²) in [4.78, 5) is 12.9. The van der Waals surface area contributed by atoms with Crippen molar-refractivity contribution in [3.8, 4) is 11.5 Å². The topological polar surface area (TPSA) is 35.5 Å². The Morgan fingerprint density at radius 1 is 1.00 bits per heavy atom. The molecule has 3 nitrogen and oxygen atoms in total. The van der Waals surface area contributed by atoms with Gasteiger partial charge < -0.3 is 9.47 Å². The fourth-order valence-corrected chi connectivity index (χ4v) is 2.90. The average Bonchev–Trinajstić information content (AvgIpc) is 2.43. The first-order valence-corrected chi connectivity index (χ1v) is 8.23. The largest absolute Gasteiger partial charge is 0.493 e. The lowest BCUT2D eigenvalue weighted by atomic mass is 9.73. The van der Waals surface area contributed by atoms with E-state index in [1.807, 2.05) is 39.0 Å². The molecule has 0 radical (unpaired) electrons. The maximum Gasteiger partial charge on any atom is 0.160 e. The zero-order valence-electron chi connectivity index (χ0n) is 15.9. The molecule has 0 saturated carbocycles. The van der Waals surface area contributed by atoms with Gasteiger partial charge in [0, 0.05) is 11.3 Å². The van der Waals surface area contributed by atoms with Gasteiger partial charge in [0.05, 0.1) is 14.2 Å². The molecule has 0 saturated heterocycles. The van der Waals surface area contributed by atoms with Crippen LogP contribution in [0.3, 0.4) is 0 Å². The smallest absolute Gasteiger partial charge is 0.160 e. The van der Waals surface area contributed by atoms with Crippen molar-refractivity contribution in [1.29, 1.82) is 0 Å². The normalized spacial score (nSPS) is 13.6. The average molecular weight is 320 g/mol. The molecule has 0 aliphatic rings. The van der Waals surface area contributed by atoms with Gasteiger partial charge in [-0.05, 0) is 36.0 Å². The number of rotatable bonds is 6. The molecule has 1 rings (SSSR count). The van der Waals surface area contributed by atoms with Crippen LogP contribution in [0.2, 0.25) is 0 Å². The highest BCUT2D eigenvalue weighted by molar-refractivity contribution is 5.86. The Morgan fingerprint density at radius 2 is 1.57 bits per heavy atom. The molecule has 130 valence electrons. The molecule has 0 bridgehead atoms. The van der Waals surface area contributed by atoms with Gasteiger partial charge in [0.15, 0.2) is 11.5 Å². The van der Waals surface area contributed by atoms with Gasteiger partial charge in [-0.3, -0.25) is 4.79 Å². The van der Waals surface area contributed by atoms with Crippen LogP contribution in [-0.4, -0.2) is 20.0 Å². The molecule has 1 atom stereocenters. The Hall–Kier alpha value is -1.51. The van der Waals surface area contributed by atoms with E-state index in [4.69, 9.17) is 9.47 Å². The maximum atomic E-state index is 12.9. The van der Waals surface area contributed by atoms with E-state index >= 15 is 0 Å². The van der Waals surface area contributed by atoms with Gasteiger partial charge in [-0.2, -0.15) is 0 Å². The van der Waals surface area contributed by atoms with Crippen molar-refractivity contribution in [3.05, 3.63) is 23.8 Å². The minimum absolute atomic E-state index is 0.00750. The van der Waals surface area contributed by atoms with E-state index in [0.29, 0.717) is 17.3 Å². The summed E-state index contributed by atoms with van der Waals surface area (Å²) in [6, 6.07) is 5.90. The molecule has 0 aliphatic carbocycles. The van der Waals surface area contributed by atoms with Crippen molar-refractivity contribution < 1.29 is 14.3 Å². The third kappa shape index (κ3) is 5.89. The second kappa shape index (κ2) is 7.37. The van der Waals surface area contributed by atoms with E-state index in [1.54, 1.807) is 14.2 Å². The summed E-state index contributed by atoms with van der Waals surface area (Å²) in [5, 5.41) is 0. The number of ether oxygens (including phenoxy) is 2. The first kappa shape index (κ1) is 19.5. The van der Waals surface area contributed by atoms with E-state index in [1.165, 1.54) is 0 Å². The molecule has 0 aliphatic heterocycles. The third-order valence-corrected chi connectivity index (χ3v) is 3.90. The van der Waals surface area contributed by atoms with Crippen LogP contribution in [-0.2, 0) is 11.2 Å². The van der Waals surface area contributed by atoms with E-state index in [2.05, 4.69) is 20.8 Å². The number of methoxy groups -OCH3 is 2. The SMILES string of the molecule is COc1ccc(CC(CC(C)(C)C)C(=O)C(C)(C)C)cc1OC. The number of ketones is 1.